The van der Waals surface area contributed by atoms with Gasteiger partial charge in [0, 0.05) is 26.8 Å². The van der Waals surface area contributed by atoms with Crippen molar-refractivity contribution in [3.63, 3.8) is 0 Å². The molecule has 2 aromatic rings. The van der Waals surface area contributed by atoms with E-state index in [4.69, 9.17) is 14.2 Å². The zero-order chi connectivity index (χ0) is 17.9. The maximum absolute atomic E-state index is 12.7. The summed E-state index contributed by atoms with van der Waals surface area (Å²) in [6.45, 7) is 2.83. The summed E-state index contributed by atoms with van der Waals surface area (Å²) >= 11 is 0. The summed E-state index contributed by atoms with van der Waals surface area (Å²) in [5.74, 6) is 1.70. The molecule has 0 atom stereocenters. The fourth-order valence-electron chi connectivity index (χ4n) is 3.28. The van der Waals surface area contributed by atoms with Gasteiger partial charge in [-0.25, -0.2) is 0 Å². The molecule has 0 amide bonds. The lowest BCUT2D eigenvalue weighted by Crippen LogP contribution is -2.33. The Bertz CT molecular complexity index is 845. The second-order valence-corrected chi connectivity index (χ2v) is 6.44. The monoisotopic (exact) mass is 351 g/mol. The molecule has 0 bridgehead atoms. The molecule has 0 N–H and O–H groups in total. The number of hydrogen-bond acceptors (Lipinski definition) is 5. The first-order chi connectivity index (χ1) is 12.8. The van der Waals surface area contributed by atoms with E-state index in [2.05, 4.69) is 4.90 Å². The molecule has 2 aliphatic heterocycles. The lowest BCUT2D eigenvalue weighted by molar-refractivity contribution is 0.0823. The van der Waals surface area contributed by atoms with Gasteiger partial charge in [0.25, 0.3) is 0 Å². The third-order valence-electron chi connectivity index (χ3n) is 4.60. The molecule has 2 aromatic carbocycles. The van der Waals surface area contributed by atoms with Gasteiger partial charge < -0.3 is 14.2 Å². The highest BCUT2D eigenvalue weighted by Gasteiger charge is 2.33. The molecule has 0 spiro atoms. The van der Waals surface area contributed by atoms with E-state index in [-0.39, 0.29) is 5.78 Å². The van der Waals surface area contributed by atoms with Crippen LogP contribution in [0.15, 0.2) is 48.2 Å². The van der Waals surface area contributed by atoms with E-state index >= 15 is 0 Å². The van der Waals surface area contributed by atoms with Crippen LogP contribution in [-0.2, 0) is 11.3 Å². The molecule has 5 nitrogen and oxygen atoms in total. The molecule has 0 fully saturated rings. The largest absolute Gasteiger partial charge is 0.478 e. The number of carbonyl (C=O) groups is 1. The van der Waals surface area contributed by atoms with Crippen molar-refractivity contribution in [2.75, 3.05) is 27.0 Å². The van der Waals surface area contributed by atoms with Crippen molar-refractivity contribution in [3.8, 4) is 11.5 Å². The summed E-state index contributed by atoms with van der Waals surface area (Å²) in [7, 11) is 1.70. The van der Waals surface area contributed by atoms with Crippen molar-refractivity contribution in [2.24, 2.45) is 0 Å². The van der Waals surface area contributed by atoms with E-state index in [1.54, 1.807) is 19.3 Å². The van der Waals surface area contributed by atoms with Crippen LogP contribution in [0.5, 0.6) is 11.5 Å². The zero-order valence-electron chi connectivity index (χ0n) is 14.7. The van der Waals surface area contributed by atoms with Crippen molar-refractivity contribution in [1.82, 2.24) is 4.90 Å². The Morgan fingerprint density at radius 2 is 2.04 bits per heavy atom. The third-order valence-corrected chi connectivity index (χ3v) is 4.60. The Morgan fingerprint density at radius 1 is 1.19 bits per heavy atom. The summed E-state index contributed by atoms with van der Waals surface area (Å²) in [4.78, 5) is 14.9. The highest BCUT2D eigenvalue weighted by Crippen LogP contribution is 2.41. The summed E-state index contributed by atoms with van der Waals surface area (Å²) in [6.07, 6.45) is 2.72. The molecular formula is C21H21NO4. The van der Waals surface area contributed by atoms with Crippen LogP contribution in [0.4, 0.5) is 0 Å². The standard InChI is InChI=1S/C21H21NO4/c1-24-11-5-10-22-13-17-18(25-14-22)9-8-16-20(23)19(26-21(16)17)12-15-6-3-2-4-7-15/h2-4,6-9,12H,5,10-11,13-14H2,1H3. The maximum Gasteiger partial charge on any atom is 0.231 e. The van der Waals surface area contributed by atoms with Gasteiger partial charge in [0.05, 0.1) is 11.1 Å². The molecule has 0 saturated heterocycles. The molecule has 26 heavy (non-hydrogen) atoms. The van der Waals surface area contributed by atoms with Gasteiger partial charge in [-0.05, 0) is 30.2 Å². The van der Waals surface area contributed by atoms with Crippen LogP contribution in [0.25, 0.3) is 6.08 Å². The number of carbonyl (C=O) groups excluding carboxylic acids is 1. The second-order valence-electron chi connectivity index (χ2n) is 6.44. The Kier molecular flexibility index (Phi) is 4.73. The summed E-state index contributed by atoms with van der Waals surface area (Å²) < 4.78 is 16.9. The van der Waals surface area contributed by atoms with E-state index < -0.39 is 0 Å². The lowest BCUT2D eigenvalue weighted by Gasteiger charge is -2.29. The van der Waals surface area contributed by atoms with E-state index in [0.717, 1.165) is 36.4 Å². The quantitative estimate of drug-likeness (QED) is 0.610. The first-order valence-electron chi connectivity index (χ1n) is 8.75. The number of rotatable bonds is 5. The van der Waals surface area contributed by atoms with Crippen LogP contribution in [0, 0.1) is 0 Å². The van der Waals surface area contributed by atoms with Crippen molar-refractivity contribution >= 4 is 11.9 Å². The van der Waals surface area contributed by atoms with Gasteiger partial charge in [-0.1, -0.05) is 30.3 Å². The first kappa shape index (κ1) is 16.8. The minimum Gasteiger partial charge on any atom is -0.478 e. The van der Waals surface area contributed by atoms with Crippen molar-refractivity contribution in [1.29, 1.82) is 0 Å². The van der Waals surface area contributed by atoms with Crippen molar-refractivity contribution in [2.45, 2.75) is 13.0 Å². The normalized spacial score (nSPS) is 17.6. The molecule has 0 aromatic heterocycles. The van der Waals surface area contributed by atoms with Crippen LogP contribution in [-0.4, -0.2) is 37.7 Å². The number of ketones is 1. The fraction of sp³-hybridized carbons (Fsp3) is 0.286. The summed E-state index contributed by atoms with van der Waals surface area (Å²) in [6, 6.07) is 13.4. The fourth-order valence-corrected chi connectivity index (χ4v) is 3.28. The zero-order valence-corrected chi connectivity index (χ0v) is 14.7. The van der Waals surface area contributed by atoms with Gasteiger partial charge in [0.2, 0.25) is 5.78 Å². The van der Waals surface area contributed by atoms with Gasteiger partial charge >= 0.3 is 0 Å². The third kappa shape index (κ3) is 3.23. The predicted molar refractivity (Wildman–Crippen MR) is 98.2 cm³/mol. The summed E-state index contributed by atoms with van der Waals surface area (Å²) in [5, 5.41) is 0. The van der Waals surface area contributed by atoms with Crippen LogP contribution >= 0.6 is 0 Å². The number of hydrogen-bond donors (Lipinski definition) is 0. The van der Waals surface area contributed by atoms with E-state index in [1.807, 2.05) is 36.4 Å². The van der Waals surface area contributed by atoms with E-state index in [0.29, 0.717) is 30.3 Å². The number of ether oxygens (including phenoxy) is 3. The average Bonchev–Trinajstić information content (AvgIpc) is 2.99. The molecule has 134 valence electrons. The Labute approximate surface area is 152 Å². The molecule has 0 radical (unpaired) electrons. The van der Waals surface area contributed by atoms with Crippen molar-refractivity contribution in [3.05, 3.63) is 64.9 Å². The van der Waals surface area contributed by atoms with Gasteiger partial charge in [0.1, 0.15) is 18.2 Å². The highest BCUT2D eigenvalue weighted by atomic mass is 16.5. The summed E-state index contributed by atoms with van der Waals surface area (Å²) in [5.41, 5.74) is 2.49. The lowest BCUT2D eigenvalue weighted by atomic mass is 10.0. The van der Waals surface area contributed by atoms with E-state index in [1.165, 1.54) is 0 Å². The highest BCUT2D eigenvalue weighted by molar-refractivity contribution is 6.15. The smallest absolute Gasteiger partial charge is 0.231 e. The van der Waals surface area contributed by atoms with Gasteiger partial charge in [-0.2, -0.15) is 0 Å². The Balaban J connectivity index is 1.59. The van der Waals surface area contributed by atoms with Gasteiger partial charge in [-0.15, -0.1) is 0 Å². The minimum absolute atomic E-state index is 0.0804. The van der Waals surface area contributed by atoms with Gasteiger partial charge in [0.15, 0.2) is 5.76 Å². The predicted octanol–water partition coefficient (Wildman–Crippen LogP) is 3.49. The van der Waals surface area contributed by atoms with Crippen molar-refractivity contribution < 1.29 is 19.0 Å². The Hall–Kier alpha value is -2.63. The van der Waals surface area contributed by atoms with Gasteiger partial charge in [-0.3, -0.25) is 9.69 Å². The number of benzene rings is 2. The van der Waals surface area contributed by atoms with E-state index in [9.17, 15) is 4.79 Å². The SMILES string of the molecule is COCCCN1COc2ccc3c(c2C1)OC(=Cc1ccccc1)C3=O. The molecule has 0 unspecified atom stereocenters. The molecule has 5 heteroatoms. The van der Waals surface area contributed by atoms with Crippen LogP contribution < -0.4 is 9.47 Å². The molecule has 2 aliphatic rings. The number of nitrogens with zero attached hydrogens (tertiary/aromatic N) is 1. The average molecular weight is 351 g/mol. The molecular weight excluding hydrogens is 330 g/mol. The van der Waals surface area contributed by atoms with Crippen LogP contribution in [0.3, 0.4) is 0 Å². The molecule has 4 rings (SSSR count). The molecule has 2 heterocycles. The maximum atomic E-state index is 12.7. The minimum atomic E-state index is -0.0804. The molecule has 0 saturated carbocycles. The number of fused-ring (bicyclic) bond motifs is 3. The number of Topliss-reactive ketones (excluding diaryl/α,β-unsaturated/α-hetero) is 1. The van der Waals surface area contributed by atoms with Crippen LogP contribution in [0.2, 0.25) is 0 Å². The number of allylic oxidation sites excluding steroid dienone is 1. The Morgan fingerprint density at radius 3 is 2.85 bits per heavy atom. The molecule has 0 aliphatic carbocycles. The first-order valence-corrected chi connectivity index (χ1v) is 8.75. The topological polar surface area (TPSA) is 48.0 Å². The second kappa shape index (κ2) is 7.32. The number of methoxy groups -OCH3 is 1. The van der Waals surface area contributed by atoms with Crippen LogP contribution in [0.1, 0.15) is 27.9 Å².